The number of benzene rings is 1. The number of hydrogen-bond acceptors (Lipinski definition) is 3. The second-order valence-electron chi connectivity index (χ2n) is 4.76. The summed E-state index contributed by atoms with van der Waals surface area (Å²) in [5, 5.41) is 6.40. The number of fused-ring (bicyclic) bond motifs is 1. The molecule has 1 aliphatic heterocycles. The van der Waals surface area contributed by atoms with Crippen LogP contribution in [0.4, 0.5) is 5.82 Å². The van der Waals surface area contributed by atoms with Gasteiger partial charge in [-0.1, -0.05) is 24.3 Å². The molecular formula is C14H16N4O. The zero-order valence-electron chi connectivity index (χ0n) is 10.6. The Hall–Kier alpha value is -2.30. The number of nitrogen functional groups attached to an aromatic ring is 1. The van der Waals surface area contributed by atoms with Gasteiger partial charge in [-0.2, -0.15) is 5.10 Å². The van der Waals surface area contributed by atoms with E-state index in [2.05, 4.69) is 22.3 Å². The van der Waals surface area contributed by atoms with E-state index in [0.717, 1.165) is 25.9 Å². The van der Waals surface area contributed by atoms with Crippen molar-refractivity contribution in [1.29, 1.82) is 0 Å². The molecule has 3 rings (SSSR count). The number of hydrogen-bond donors (Lipinski definition) is 2. The summed E-state index contributed by atoms with van der Waals surface area (Å²) in [7, 11) is 0. The summed E-state index contributed by atoms with van der Waals surface area (Å²) >= 11 is 0. The number of amides is 1. The Morgan fingerprint density at radius 1 is 1.21 bits per heavy atom. The molecule has 5 nitrogen and oxygen atoms in total. The van der Waals surface area contributed by atoms with E-state index >= 15 is 0 Å². The molecule has 0 saturated carbocycles. The first kappa shape index (κ1) is 11.8. The van der Waals surface area contributed by atoms with Crippen molar-refractivity contribution in [2.75, 3.05) is 18.8 Å². The number of aromatic amines is 1. The Kier molecular flexibility index (Phi) is 2.95. The van der Waals surface area contributed by atoms with Crippen LogP contribution in [0.25, 0.3) is 0 Å². The quantitative estimate of drug-likeness (QED) is 0.806. The SMILES string of the molecule is Nc1[nH]ncc1C(=O)N1CCc2ccccc2CC1. The highest BCUT2D eigenvalue weighted by atomic mass is 16.2. The lowest BCUT2D eigenvalue weighted by molar-refractivity contribution is 0.0764. The zero-order chi connectivity index (χ0) is 13.2. The molecule has 19 heavy (non-hydrogen) atoms. The van der Waals surface area contributed by atoms with E-state index in [1.807, 2.05) is 17.0 Å². The van der Waals surface area contributed by atoms with E-state index in [1.54, 1.807) is 0 Å². The van der Waals surface area contributed by atoms with Gasteiger partial charge in [0.2, 0.25) is 0 Å². The summed E-state index contributed by atoms with van der Waals surface area (Å²) in [5.74, 6) is 0.297. The van der Waals surface area contributed by atoms with Crippen molar-refractivity contribution >= 4 is 11.7 Å². The van der Waals surface area contributed by atoms with Crippen LogP contribution in [0.1, 0.15) is 21.5 Å². The predicted octanol–water partition coefficient (Wildman–Crippen LogP) is 1.23. The smallest absolute Gasteiger partial charge is 0.259 e. The van der Waals surface area contributed by atoms with E-state index in [-0.39, 0.29) is 5.91 Å². The molecule has 1 aromatic carbocycles. The van der Waals surface area contributed by atoms with Gasteiger partial charge in [0.25, 0.3) is 5.91 Å². The van der Waals surface area contributed by atoms with Gasteiger partial charge in [0.15, 0.2) is 0 Å². The summed E-state index contributed by atoms with van der Waals surface area (Å²) in [5.41, 5.74) is 8.83. The highest BCUT2D eigenvalue weighted by molar-refractivity contribution is 5.98. The third-order valence-corrected chi connectivity index (χ3v) is 3.61. The fraction of sp³-hybridized carbons (Fsp3) is 0.286. The average Bonchev–Trinajstić information content (AvgIpc) is 2.74. The maximum atomic E-state index is 12.4. The number of carbonyl (C=O) groups is 1. The van der Waals surface area contributed by atoms with Crippen molar-refractivity contribution in [2.45, 2.75) is 12.8 Å². The van der Waals surface area contributed by atoms with Gasteiger partial charge < -0.3 is 10.6 Å². The number of H-pyrrole nitrogens is 1. The first-order valence-electron chi connectivity index (χ1n) is 6.40. The van der Waals surface area contributed by atoms with E-state index in [0.29, 0.717) is 11.4 Å². The molecule has 0 bridgehead atoms. The molecule has 5 heteroatoms. The molecule has 1 aliphatic rings. The van der Waals surface area contributed by atoms with Gasteiger partial charge in [0.05, 0.1) is 6.20 Å². The molecule has 1 aromatic heterocycles. The van der Waals surface area contributed by atoms with Gasteiger partial charge in [-0.25, -0.2) is 0 Å². The molecule has 0 unspecified atom stereocenters. The molecule has 0 spiro atoms. The Balaban J connectivity index is 1.79. The molecule has 2 aromatic rings. The minimum atomic E-state index is -0.0425. The Labute approximate surface area is 111 Å². The van der Waals surface area contributed by atoms with Crippen LogP contribution in [0.2, 0.25) is 0 Å². The van der Waals surface area contributed by atoms with E-state index in [9.17, 15) is 4.79 Å². The lowest BCUT2D eigenvalue weighted by Crippen LogP contribution is -2.33. The van der Waals surface area contributed by atoms with E-state index in [4.69, 9.17) is 5.73 Å². The third-order valence-electron chi connectivity index (χ3n) is 3.61. The number of anilines is 1. The first-order chi connectivity index (χ1) is 9.25. The summed E-state index contributed by atoms with van der Waals surface area (Å²) in [6.45, 7) is 1.45. The van der Waals surface area contributed by atoms with Crippen molar-refractivity contribution in [1.82, 2.24) is 15.1 Å². The van der Waals surface area contributed by atoms with Crippen LogP contribution in [0.3, 0.4) is 0 Å². The van der Waals surface area contributed by atoms with Gasteiger partial charge in [0.1, 0.15) is 11.4 Å². The molecule has 0 fully saturated rings. The van der Waals surface area contributed by atoms with Crippen molar-refractivity contribution in [2.24, 2.45) is 0 Å². The Morgan fingerprint density at radius 2 is 1.84 bits per heavy atom. The fourth-order valence-electron chi connectivity index (χ4n) is 2.51. The minimum Gasteiger partial charge on any atom is -0.383 e. The highest BCUT2D eigenvalue weighted by Gasteiger charge is 2.21. The molecule has 2 heterocycles. The van der Waals surface area contributed by atoms with Crippen LogP contribution in [-0.2, 0) is 12.8 Å². The summed E-state index contributed by atoms with van der Waals surface area (Å²) < 4.78 is 0. The van der Waals surface area contributed by atoms with Gasteiger partial charge in [0, 0.05) is 13.1 Å². The summed E-state index contributed by atoms with van der Waals surface area (Å²) in [6, 6.07) is 8.36. The fourth-order valence-corrected chi connectivity index (χ4v) is 2.51. The van der Waals surface area contributed by atoms with Crippen molar-refractivity contribution in [3.8, 4) is 0 Å². The van der Waals surface area contributed by atoms with Crippen molar-refractivity contribution < 1.29 is 4.79 Å². The van der Waals surface area contributed by atoms with Crippen LogP contribution in [0.15, 0.2) is 30.5 Å². The summed E-state index contributed by atoms with van der Waals surface area (Å²) in [4.78, 5) is 14.2. The number of nitrogens with one attached hydrogen (secondary N) is 1. The number of rotatable bonds is 1. The Bertz CT molecular complexity index is 578. The van der Waals surface area contributed by atoms with Crippen LogP contribution < -0.4 is 5.73 Å². The largest absolute Gasteiger partial charge is 0.383 e. The second-order valence-corrected chi connectivity index (χ2v) is 4.76. The molecule has 3 N–H and O–H groups in total. The van der Waals surface area contributed by atoms with Crippen molar-refractivity contribution in [3.05, 3.63) is 47.2 Å². The van der Waals surface area contributed by atoms with E-state index in [1.165, 1.54) is 17.3 Å². The van der Waals surface area contributed by atoms with Crippen LogP contribution in [-0.4, -0.2) is 34.1 Å². The molecule has 98 valence electrons. The lowest BCUT2D eigenvalue weighted by Gasteiger charge is -2.19. The monoisotopic (exact) mass is 256 g/mol. The van der Waals surface area contributed by atoms with Gasteiger partial charge in [-0.3, -0.25) is 9.89 Å². The minimum absolute atomic E-state index is 0.0425. The third kappa shape index (κ3) is 2.19. The highest BCUT2D eigenvalue weighted by Crippen LogP contribution is 2.18. The average molecular weight is 256 g/mol. The van der Waals surface area contributed by atoms with Crippen LogP contribution in [0, 0.1) is 0 Å². The topological polar surface area (TPSA) is 75.0 Å². The normalized spacial score (nSPS) is 14.8. The lowest BCUT2D eigenvalue weighted by atomic mass is 10.0. The molecular weight excluding hydrogens is 240 g/mol. The van der Waals surface area contributed by atoms with Crippen molar-refractivity contribution in [3.63, 3.8) is 0 Å². The molecule has 0 radical (unpaired) electrons. The Morgan fingerprint density at radius 3 is 2.37 bits per heavy atom. The second kappa shape index (κ2) is 4.76. The number of aromatic nitrogens is 2. The molecule has 0 saturated heterocycles. The van der Waals surface area contributed by atoms with Gasteiger partial charge in [-0.15, -0.1) is 0 Å². The van der Waals surface area contributed by atoms with Crippen LogP contribution >= 0.6 is 0 Å². The van der Waals surface area contributed by atoms with Gasteiger partial charge in [-0.05, 0) is 24.0 Å². The van der Waals surface area contributed by atoms with Crippen LogP contribution in [0.5, 0.6) is 0 Å². The standard InChI is InChI=1S/C14H16N4O/c15-13-12(9-16-17-13)14(19)18-7-5-10-3-1-2-4-11(10)6-8-18/h1-4,9H,5-8H2,(H3,15,16,17). The number of nitrogens with two attached hydrogens (primary N) is 1. The maximum Gasteiger partial charge on any atom is 0.259 e. The summed E-state index contributed by atoms with van der Waals surface area (Å²) in [6.07, 6.45) is 3.27. The molecule has 0 atom stereocenters. The molecule has 1 amide bonds. The number of carbonyl (C=O) groups excluding carboxylic acids is 1. The van der Waals surface area contributed by atoms with Gasteiger partial charge >= 0.3 is 0 Å². The molecule has 0 aliphatic carbocycles. The maximum absolute atomic E-state index is 12.4. The zero-order valence-corrected chi connectivity index (χ0v) is 10.6. The predicted molar refractivity (Wildman–Crippen MR) is 72.8 cm³/mol. The number of nitrogens with zero attached hydrogens (tertiary/aromatic N) is 2. The first-order valence-corrected chi connectivity index (χ1v) is 6.40. The van der Waals surface area contributed by atoms with E-state index < -0.39 is 0 Å².